The molecule has 1 amide bonds. The molecule has 1 atom stereocenters. The van der Waals surface area contributed by atoms with Gasteiger partial charge in [-0.25, -0.2) is 0 Å². The summed E-state index contributed by atoms with van der Waals surface area (Å²) in [5.41, 5.74) is 0.747. The Labute approximate surface area is 123 Å². The van der Waals surface area contributed by atoms with Gasteiger partial charge in [0.05, 0.1) is 6.42 Å². The smallest absolute Gasteiger partial charge is 0.387 e. The Hall–Kier alpha value is -1.40. The molecule has 0 aromatic heterocycles. The summed E-state index contributed by atoms with van der Waals surface area (Å²) in [4.78, 5) is 11.6. The lowest BCUT2D eigenvalue weighted by molar-refractivity contribution is -0.120. The van der Waals surface area contributed by atoms with Crippen LogP contribution < -0.4 is 15.4 Å². The summed E-state index contributed by atoms with van der Waals surface area (Å²) in [5, 5.41) is 5.78. The lowest BCUT2D eigenvalue weighted by atomic mass is 10.1. The highest BCUT2D eigenvalue weighted by atomic mass is 35.5. The number of likely N-dealkylation sites (N-methyl/N-ethyl adjacent to an activating group) is 1. The summed E-state index contributed by atoms with van der Waals surface area (Å²) in [5.74, 6) is -0.0207. The second-order valence-electron chi connectivity index (χ2n) is 4.19. The number of hydrogen-bond acceptors (Lipinski definition) is 3. The van der Waals surface area contributed by atoms with Gasteiger partial charge in [-0.1, -0.05) is 12.1 Å². The lowest BCUT2D eigenvalue weighted by Crippen LogP contribution is -2.37. The summed E-state index contributed by atoms with van der Waals surface area (Å²) in [6.45, 7) is -0.337. The molecule has 7 heteroatoms. The van der Waals surface area contributed by atoms with Crippen molar-refractivity contribution in [3.8, 4) is 5.75 Å². The van der Waals surface area contributed by atoms with Gasteiger partial charge in [0.25, 0.3) is 0 Å². The molecule has 1 aromatic rings. The first kappa shape index (κ1) is 18.6. The molecule has 0 aliphatic rings. The maximum absolute atomic E-state index is 11.9. The first-order valence-corrected chi connectivity index (χ1v) is 5.99. The third kappa shape index (κ3) is 7.25. The van der Waals surface area contributed by atoms with Crippen LogP contribution in [0.3, 0.4) is 0 Å². The van der Waals surface area contributed by atoms with Crippen molar-refractivity contribution in [1.29, 1.82) is 0 Å². The van der Waals surface area contributed by atoms with E-state index in [1.54, 1.807) is 12.1 Å². The monoisotopic (exact) mass is 308 g/mol. The van der Waals surface area contributed by atoms with Gasteiger partial charge in [-0.05, 0) is 31.7 Å². The van der Waals surface area contributed by atoms with Crippen LogP contribution >= 0.6 is 12.4 Å². The molecule has 20 heavy (non-hydrogen) atoms. The SMILES string of the molecule is CNC(C)CNC(=O)Cc1ccc(OC(F)F)cc1.Cl. The van der Waals surface area contributed by atoms with E-state index in [4.69, 9.17) is 0 Å². The van der Waals surface area contributed by atoms with Gasteiger partial charge in [0.2, 0.25) is 5.91 Å². The van der Waals surface area contributed by atoms with E-state index in [1.807, 2.05) is 14.0 Å². The average molecular weight is 309 g/mol. The van der Waals surface area contributed by atoms with Crippen molar-refractivity contribution < 1.29 is 18.3 Å². The van der Waals surface area contributed by atoms with E-state index in [9.17, 15) is 13.6 Å². The Morgan fingerprint density at radius 3 is 2.40 bits per heavy atom. The first-order valence-electron chi connectivity index (χ1n) is 5.99. The molecule has 0 aliphatic heterocycles. The van der Waals surface area contributed by atoms with E-state index in [-0.39, 0.29) is 36.5 Å². The second kappa shape index (κ2) is 9.50. The summed E-state index contributed by atoms with van der Waals surface area (Å²) in [6.07, 6.45) is 0.214. The molecule has 1 unspecified atom stereocenters. The molecule has 0 aliphatic carbocycles. The quantitative estimate of drug-likeness (QED) is 0.810. The average Bonchev–Trinajstić information content (AvgIpc) is 2.37. The number of alkyl halides is 2. The number of benzene rings is 1. The predicted molar refractivity (Wildman–Crippen MR) is 75.6 cm³/mol. The zero-order chi connectivity index (χ0) is 14.3. The number of ether oxygens (including phenoxy) is 1. The predicted octanol–water partition coefficient (Wildman–Crippen LogP) is 1.98. The summed E-state index contributed by atoms with van der Waals surface area (Å²) in [6, 6.07) is 6.24. The van der Waals surface area contributed by atoms with Gasteiger partial charge in [0.15, 0.2) is 0 Å². The van der Waals surface area contributed by atoms with Crippen molar-refractivity contribution in [2.45, 2.75) is 26.0 Å². The molecule has 0 saturated heterocycles. The van der Waals surface area contributed by atoms with Gasteiger partial charge in [-0.15, -0.1) is 12.4 Å². The first-order chi connectivity index (χ1) is 9.01. The number of hydrogen-bond donors (Lipinski definition) is 2. The van der Waals surface area contributed by atoms with Crippen molar-refractivity contribution >= 4 is 18.3 Å². The van der Waals surface area contributed by atoms with Gasteiger partial charge < -0.3 is 15.4 Å². The number of amides is 1. The molecule has 1 aromatic carbocycles. The van der Waals surface area contributed by atoms with Crippen molar-refractivity contribution in [3.05, 3.63) is 29.8 Å². The van der Waals surface area contributed by atoms with Gasteiger partial charge in [-0.2, -0.15) is 8.78 Å². The molecule has 1 rings (SSSR count). The molecule has 0 saturated carbocycles. The minimum Gasteiger partial charge on any atom is -0.435 e. The third-order valence-corrected chi connectivity index (χ3v) is 2.61. The van der Waals surface area contributed by atoms with Gasteiger partial charge in [0.1, 0.15) is 5.75 Å². The van der Waals surface area contributed by atoms with E-state index in [0.717, 1.165) is 5.56 Å². The van der Waals surface area contributed by atoms with Crippen LogP contribution in [0.2, 0.25) is 0 Å². The third-order valence-electron chi connectivity index (χ3n) is 2.61. The number of rotatable bonds is 7. The van der Waals surface area contributed by atoms with Crippen LogP contribution in [-0.4, -0.2) is 32.2 Å². The van der Waals surface area contributed by atoms with Gasteiger partial charge in [0, 0.05) is 12.6 Å². The Bertz CT molecular complexity index is 402. The highest BCUT2D eigenvalue weighted by Crippen LogP contribution is 2.15. The molecule has 0 heterocycles. The normalized spacial score (nSPS) is 11.7. The Balaban J connectivity index is 0.00000361. The molecule has 0 bridgehead atoms. The Morgan fingerprint density at radius 1 is 1.30 bits per heavy atom. The zero-order valence-corrected chi connectivity index (χ0v) is 12.2. The molecule has 0 fully saturated rings. The van der Waals surface area contributed by atoms with E-state index in [1.165, 1.54) is 12.1 Å². The number of halogens is 3. The van der Waals surface area contributed by atoms with Crippen LogP contribution in [0.4, 0.5) is 8.78 Å². The second-order valence-corrected chi connectivity index (χ2v) is 4.19. The Morgan fingerprint density at radius 2 is 1.90 bits per heavy atom. The zero-order valence-electron chi connectivity index (χ0n) is 11.4. The molecule has 2 N–H and O–H groups in total. The van der Waals surface area contributed by atoms with E-state index in [2.05, 4.69) is 15.4 Å². The molecule has 4 nitrogen and oxygen atoms in total. The summed E-state index contributed by atoms with van der Waals surface area (Å²) < 4.78 is 28.1. The van der Waals surface area contributed by atoms with Crippen LogP contribution in [0.15, 0.2) is 24.3 Å². The fourth-order valence-corrected chi connectivity index (χ4v) is 1.41. The minimum absolute atomic E-state index is 0. The largest absolute Gasteiger partial charge is 0.435 e. The highest BCUT2D eigenvalue weighted by molar-refractivity contribution is 5.85. The fraction of sp³-hybridized carbons (Fsp3) is 0.462. The summed E-state index contributed by atoms with van der Waals surface area (Å²) >= 11 is 0. The lowest BCUT2D eigenvalue weighted by Gasteiger charge is -2.11. The van der Waals surface area contributed by atoms with Crippen LogP contribution in [-0.2, 0) is 11.2 Å². The molecule has 114 valence electrons. The van der Waals surface area contributed by atoms with Gasteiger partial charge >= 0.3 is 6.61 Å². The minimum atomic E-state index is -2.84. The van der Waals surface area contributed by atoms with Crippen molar-refractivity contribution in [1.82, 2.24) is 10.6 Å². The van der Waals surface area contributed by atoms with Crippen molar-refractivity contribution in [2.24, 2.45) is 0 Å². The standard InChI is InChI=1S/C13H18F2N2O2.ClH/c1-9(16-2)8-17-12(18)7-10-3-5-11(6-4-10)19-13(14)15;/h3-6,9,13,16H,7-8H2,1-2H3,(H,17,18);1H. The summed E-state index contributed by atoms with van der Waals surface area (Å²) in [7, 11) is 1.82. The molecule has 0 radical (unpaired) electrons. The number of carbonyl (C=O) groups excluding carboxylic acids is 1. The number of nitrogens with one attached hydrogen (secondary N) is 2. The van der Waals surface area contributed by atoms with Crippen LogP contribution in [0.25, 0.3) is 0 Å². The maximum atomic E-state index is 11.9. The molecular formula is C13H19ClF2N2O2. The van der Waals surface area contributed by atoms with Crippen LogP contribution in [0.1, 0.15) is 12.5 Å². The van der Waals surface area contributed by atoms with E-state index >= 15 is 0 Å². The Kier molecular flexibility index (Phi) is 8.83. The highest BCUT2D eigenvalue weighted by Gasteiger charge is 2.07. The topological polar surface area (TPSA) is 50.4 Å². The fourth-order valence-electron chi connectivity index (χ4n) is 1.41. The van der Waals surface area contributed by atoms with E-state index in [0.29, 0.717) is 6.54 Å². The van der Waals surface area contributed by atoms with Crippen molar-refractivity contribution in [2.75, 3.05) is 13.6 Å². The molecular weight excluding hydrogens is 290 g/mol. The van der Waals surface area contributed by atoms with Crippen molar-refractivity contribution in [3.63, 3.8) is 0 Å². The van der Waals surface area contributed by atoms with Crippen LogP contribution in [0.5, 0.6) is 5.75 Å². The molecule has 0 spiro atoms. The van der Waals surface area contributed by atoms with Gasteiger partial charge in [-0.3, -0.25) is 4.79 Å². The number of carbonyl (C=O) groups is 1. The maximum Gasteiger partial charge on any atom is 0.387 e. The van der Waals surface area contributed by atoms with Crippen LogP contribution in [0, 0.1) is 0 Å². The van der Waals surface area contributed by atoms with E-state index < -0.39 is 6.61 Å².